The fourth-order valence-corrected chi connectivity index (χ4v) is 1.02. The molecule has 16 heavy (non-hydrogen) atoms. The van der Waals surface area contributed by atoms with Crippen LogP contribution in [0.4, 0.5) is 4.79 Å². The highest BCUT2D eigenvalue weighted by atomic mass is 16.7. The average molecular weight is 228 g/mol. The van der Waals surface area contributed by atoms with Crippen molar-refractivity contribution in [3.63, 3.8) is 0 Å². The SMILES string of the molecule is CC#CCN(C(=O)O)C(C)C(=O)N(C)OC. The zero-order valence-corrected chi connectivity index (χ0v) is 9.85. The van der Waals surface area contributed by atoms with Crippen LogP contribution in [0.3, 0.4) is 0 Å². The lowest BCUT2D eigenvalue weighted by Crippen LogP contribution is -2.47. The van der Waals surface area contributed by atoms with Gasteiger partial charge in [0.15, 0.2) is 0 Å². The molecule has 6 nitrogen and oxygen atoms in total. The minimum atomic E-state index is -1.19. The van der Waals surface area contributed by atoms with Gasteiger partial charge in [-0.25, -0.2) is 9.86 Å². The van der Waals surface area contributed by atoms with Crippen LogP contribution in [0.25, 0.3) is 0 Å². The van der Waals surface area contributed by atoms with Crippen molar-refractivity contribution >= 4 is 12.0 Å². The fourth-order valence-electron chi connectivity index (χ4n) is 1.02. The molecule has 0 aliphatic rings. The summed E-state index contributed by atoms with van der Waals surface area (Å²) in [5.74, 6) is 4.74. The first kappa shape index (κ1) is 14.3. The Labute approximate surface area is 94.7 Å². The number of carbonyl (C=O) groups is 2. The summed E-state index contributed by atoms with van der Waals surface area (Å²) in [4.78, 5) is 28.2. The minimum absolute atomic E-state index is 0.00368. The van der Waals surface area contributed by atoms with E-state index in [1.165, 1.54) is 21.1 Å². The normalized spacial score (nSPS) is 11.0. The second kappa shape index (κ2) is 6.69. The summed E-state index contributed by atoms with van der Waals surface area (Å²) in [6, 6.07) is -0.830. The number of rotatable bonds is 4. The van der Waals surface area contributed by atoms with Crippen LogP contribution in [0.1, 0.15) is 13.8 Å². The number of carboxylic acid groups (broad SMARTS) is 1. The molecule has 0 heterocycles. The van der Waals surface area contributed by atoms with Crippen LogP contribution in [0.5, 0.6) is 0 Å². The molecule has 0 saturated heterocycles. The van der Waals surface area contributed by atoms with Gasteiger partial charge in [0.2, 0.25) is 0 Å². The predicted molar refractivity (Wildman–Crippen MR) is 57.4 cm³/mol. The molecule has 0 rings (SSSR count). The minimum Gasteiger partial charge on any atom is -0.465 e. The van der Waals surface area contributed by atoms with E-state index in [2.05, 4.69) is 11.8 Å². The van der Waals surface area contributed by atoms with Crippen LogP contribution in [0.15, 0.2) is 0 Å². The molecule has 0 radical (unpaired) electrons. The van der Waals surface area contributed by atoms with Gasteiger partial charge in [-0.05, 0) is 13.8 Å². The second-order valence-electron chi connectivity index (χ2n) is 3.03. The second-order valence-corrected chi connectivity index (χ2v) is 3.03. The molecule has 90 valence electrons. The molecule has 0 aromatic carbocycles. The molecule has 0 aromatic heterocycles. The predicted octanol–water partition coefficient (Wildman–Crippen LogP) is 0.398. The van der Waals surface area contributed by atoms with E-state index < -0.39 is 18.0 Å². The van der Waals surface area contributed by atoms with Gasteiger partial charge in [-0.15, -0.1) is 5.92 Å². The van der Waals surface area contributed by atoms with Gasteiger partial charge in [-0.1, -0.05) is 5.92 Å². The average Bonchev–Trinajstić information content (AvgIpc) is 2.26. The van der Waals surface area contributed by atoms with Crippen LogP contribution >= 0.6 is 0 Å². The molecule has 1 N–H and O–H groups in total. The van der Waals surface area contributed by atoms with Crippen molar-refractivity contribution in [1.29, 1.82) is 0 Å². The quantitative estimate of drug-likeness (QED) is 0.558. The van der Waals surface area contributed by atoms with Crippen molar-refractivity contribution < 1.29 is 19.5 Å². The Morgan fingerprint density at radius 2 is 2.06 bits per heavy atom. The largest absolute Gasteiger partial charge is 0.465 e. The molecule has 1 atom stereocenters. The lowest BCUT2D eigenvalue weighted by molar-refractivity contribution is -0.173. The van der Waals surface area contributed by atoms with Crippen molar-refractivity contribution in [3.05, 3.63) is 0 Å². The van der Waals surface area contributed by atoms with Gasteiger partial charge in [0.25, 0.3) is 5.91 Å². The van der Waals surface area contributed by atoms with E-state index in [1.54, 1.807) is 6.92 Å². The van der Waals surface area contributed by atoms with E-state index in [4.69, 9.17) is 9.94 Å². The summed E-state index contributed by atoms with van der Waals surface area (Å²) in [5.41, 5.74) is 0. The maximum absolute atomic E-state index is 11.6. The molecule has 0 bridgehead atoms. The van der Waals surface area contributed by atoms with Crippen LogP contribution < -0.4 is 0 Å². The standard InChI is InChI=1S/C10H16N2O4/c1-5-6-7-12(10(14)15)8(2)9(13)11(3)16-4/h8H,7H2,1-4H3,(H,14,15). The molecule has 0 aromatic rings. The molecular formula is C10H16N2O4. The Balaban J connectivity index is 4.71. The maximum atomic E-state index is 11.6. The Kier molecular flexibility index (Phi) is 5.96. The van der Waals surface area contributed by atoms with Gasteiger partial charge in [0, 0.05) is 7.05 Å². The number of hydrogen-bond donors (Lipinski definition) is 1. The number of likely N-dealkylation sites (N-methyl/N-ethyl adjacent to an activating group) is 1. The molecule has 6 heteroatoms. The first-order valence-corrected chi connectivity index (χ1v) is 4.66. The monoisotopic (exact) mass is 228 g/mol. The third-order valence-corrected chi connectivity index (χ3v) is 2.08. The fraction of sp³-hybridized carbons (Fsp3) is 0.600. The number of hydrogen-bond acceptors (Lipinski definition) is 3. The Hall–Kier alpha value is -1.74. The molecular weight excluding hydrogens is 212 g/mol. The van der Waals surface area contributed by atoms with E-state index in [9.17, 15) is 9.59 Å². The molecule has 1 unspecified atom stereocenters. The summed E-state index contributed by atoms with van der Waals surface area (Å²) in [7, 11) is 2.76. The summed E-state index contributed by atoms with van der Waals surface area (Å²) < 4.78 is 0. The van der Waals surface area contributed by atoms with Crippen molar-refractivity contribution in [1.82, 2.24) is 9.96 Å². The Bertz CT molecular complexity index is 319. The summed E-state index contributed by atoms with van der Waals surface area (Å²) >= 11 is 0. The zero-order valence-electron chi connectivity index (χ0n) is 9.85. The van der Waals surface area contributed by atoms with E-state index >= 15 is 0 Å². The van der Waals surface area contributed by atoms with Gasteiger partial charge >= 0.3 is 6.09 Å². The van der Waals surface area contributed by atoms with Crippen molar-refractivity contribution in [2.75, 3.05) is 20.7 Å². The lowest BCUT2D eigenvalue weighted by atomic mass is 10.2. The van der Waals surface area contributed by atoms with Crippen LogP contribution in [0, 0.1) is 11.8 Å². The summed E-state index contributed by atoms with van der Waals surface area (Å²) in [6.45, 7) is 3.09. The van der Waals surface area contributed by atoms with Gasteiger partial charge in [-0.2, -0.15) is 0 Å². The third kappa shape index (κ3) is 3.79. The molecule has 2 amide bonds. The highest BCUT2D eigenvalue weighted by Gasteiger charge is 2.27. The van der Waals surface area contributed by atoms with Crippen LogP contribution in [-0.2, 0) is 9.63 Å². The maximum Gasteiger partial charge on any atom is 0.408 e. The summed E-state index contributed by atoms with van der Waals surface area (Å²) in [5, 5.41) is 9.91. The topological polar surface area (TPSA) is 70.1 Å². The van der Waals surface area contributed by atoms with Gasteiger partial charge in [0.05, 0.1) is 13.7 Å². The number of nitrogens with zero attached hydrogens (tertiary/aromatic N) is 2. The molecule has 0 saturated carbocycles. The summed E-state index contributed by atoms with van der Waals surface area (Å²) in [6.07, 6.45) is -1.19. The van der Waals surface area contributed by atoms with Crippen molar-refractivity contribution in [3.8, 4) is 11.8 Å². The van der Waals surface area contributed by atoms with Crippen molar-refractivity contribution in [2.45, 2.75) is 19.9 Å². The Morgan fingerprint density at radius 1 is 1.50 bits per heavy atom. The lowest BCUT2D eigenvalue weighted by Gasteiger charge is -2.26. The van der Waals surface area contributed by atoms with Crippen LogP contribution in [0.2, 0.25) is 0 Å². The van der Waals surface area contributed by atoms with E-state index in [0.717, 1.165) is 9.96 Å². The zero-order chi connectivity index (χ0) is 12.7. The molecule has 0 aliphatic carbocycles. The van der Waals surface area contributed by atoms with Gasteiger partial charge in [-0.3, -0.25) is 14.5 Å². The molecule has 0 spiro atoms. The smallest absolute Gasteiger partial charge is 0.408 e. The Morgan fingerprint density at radius 3 is 2.44 bits per heavy atom. The first-order valence-electron chi connectivity index (χ1n) is 4.66. The van der Waals surface area contributed by atoms with Crippen molar-refractivity contribution in [2.24, 2.45) is 0 Å². The van der Waals surface area contributed by atoms with Crippen LogP contribution in [-0.4, -0.2) is 53.8 Å². The van der Waals surface area contributed by atoms with Gasteiger partial charge < -0.3 is 5.11 Å². The molecule has 0 aliphatic heterocycles. The number of amides is 2. The van der Waals surface area contributed by atoms with E-state index in [0.29, 0.717) is 0 Å². The highest BCUT2D eigenvalue weighted by molar-refractivity contribution is 5.84. The molecule has 0 fully saturated rings. The number of carbonyl (C=O) groups excluding carboxylic acids is 1. The van der Waals surface area contributed by atoms with Gasteiger partial charge in [0.1, 0.15) is 6.04 Å². The number of hydroxylamine groups is 2. The first-order chi connectivity index (χ1) is 7.45. The third-order valence-electron chi connectivity index (χ3n) is 2.08. The van der Waals surface area contributed by atoms with E-state index in [-0.39, 0.29) is 6.54 Å². The highest BCUT2D eigenvalue weighted by Crippen LogP contribution is 2.03. The van der Waals surface area contributed by atoms with E-state index in [1.807, 2.05) is 0 Å².